The highest BCUT2D eigenvalue weighted by Crippen LogP contribution is 2.38. The number of carbonyl (C=O) groups is 1. The molecule has 1 fully saturated rings. The van der Waals surface area contributed by atoms with Crippen molar-refractivity contribution in [1.82, 2.24) is 20.2 Å². The van der Waals surface area contributed by atoms with Crippen LogP contribution in [0.3, 0.4) is 0 Å². The number of hydrogen-bond donors (Lipinski definition) is 1. The number of carbonyl (C=O) groups excluding carboxylic acids is 1. The van der Waals surface area contributed by atoms with E-state index in [2.05, 4.69) is 33.0 Å². The van der Waals surface area contributed by atoms with Gasteiger partial charge in [0.1, 0.15) is 0 Å². The van der Waals surface area contributed by atoms with Crippen molar-refractivity contribution in [3.8, 4) is 11.4 Å². The Morgan fingerprint density at radius 1 is 1.12 bits per heavy atom. The van der Waals surface area contributed by atoms with E-state index in [0.29, 0.717) is 6.04 Å². The maximum absolute atomic E-state index is 12.6. The van der Waals surface area contributed by atoms with Crippen molar-refractivity contribution >= 4 is 23.4 Å². The zero-order valence-corrected chi connectivity index (χ0v) is 14.8. The second kappa shape index (κ2) is 6.25. The molecule has 2 aromatic carbocycles. The van der Waals surface area contributed by atoms with Gasteiger partial charge in [-0.05, 0) is 65.6 Å². The first-order valence-electron chi connectivity index (χ1n) is 8.72. The van der Waals surface area contributed by atoms with Crippen molar-refractivity contribution in [1.29, 1.82) is 0 Å². The monoisotopic (exact) mass is 363 g/mol. The molecule has 6 nitrogen and oxygen atoms in total. The zero-order valence-electron chi connectivity index (χ0n) is 14.0. The van der Waals surface area contributed by atoms with Gasteiger partial charge in [0, 0.05) is 16.1 Å². The molecule has 0 saturated heterocycles. The van der Waals surface area contributed by atoms with Gasteiger partial charge in [0.2, 0.25) is 5.91 Å². The van der Waals surface area contributed by atoms with Crippen LogP contribution in [-0.4, -0.2) is 31.4 Å². The first kappa shape index (κ1) is 15.6. The molecule has 0 spiro atoms. The molecule has 7 heteroatoms. The second-order valence-electron chi connectivity index (χ2n) is 6.66. The summed E-state index contributed by atoms with van der Waals surface area (Å²) >= 11 is 1.63. The molecule has 2 heterocycles. The number of tetrazole rings is 1. The Bertz CT molecular complexity index is 939. The third kappa shape index (κ3) is 2.88. The number of fused-ring (bicyclic) bond motifs is 1. The molecule has 1 aliphatic heterocycles. The van der Waals surface area contributed by atoms with Gasteiger partial charge in [0.25, 0.3) is 0 Å². The van der Waals surface area contributed by atoms with Crippen LogP contribution in [0.15, 0.2) is 53.4 Å². The first-order chi connectivity index (χ1) is 12.8. The van der Waals surface area contributed by atoms with E-state index in [1.54, 1.807) is 11.8 Å². The van der Waals surface area contributed by atoms with E-state index in [1.165, 1.54) is 10.5 Å². The van der Waals surface area contributed by atoms with Crippen LogP contribution in [0.2, 0.25) is 0 Å². The fourth-order valence-electron chi connectivity index (χ4n) is 3.20. The molecule has 2 aliphatic rings. The number of thioether (sulfide) groups is 1. The Balaban J connectivity index is 1.28. The summed E-state index contributed by atoms with van der Waals surface area (Å²) in [6.07, 6.45) is 3.04. The molecular formula is C19H17N5OS. The molecule has 0 radical (unpaired) electrons. The highest BCUT2D eigenvalue weighted by atomic mass is 32.2. The number of hydrogen-bond acceptors (Lipinski definition) is 5. The van der Waals surface area contributed by atoms with Gasteiger partial charge in [-0.2, -0.15) is 0 Å². The molecular weight excluding hydrogens is 346 g/mol. The molecule has 26 heavy (non-hydrogen) atoms. The Labute approximate surface area is 155 Å². The molecule has 130 valence electrons. The average molecular weight is 363 g/mol. The molecule has 1 amide bonds. The molecule has 0 bridgehead atoms. The maximum atomic E-state index is 12.6. The fourth-order valence-corrected chi connectivity index (χ4v) is 4.40. The number of nitrogens with one attached hydrogen (secondary N) is 1. The predicted octanol–water partition coefficient (Wildman–Crippen LogP) is 3.33. The summed E-state index contributed by atoms with van der Waals surface area (Å²) in [4.78, 5) is 13.8. The van der Waals surface area contributed by atoms with Crippen molar-refractivity contribution < 1.29 is 4.79 Å². The Morgan fingerprint density at radius 3 is 2.69 bits per heavy atom. The molecule has 1 aromatic heterocycles. The molecule has 1 aliphatic carbocycles. The van der Waals surface area contributed by atoms with E-state index < -0.39 is 0 Å². The van der Waals surface area contributed by atoms with Crippen LogP contribution in [0.25, 0.3) is 11.4 Å². The lowest BCUT2D eigenvalue weighted by molar-refractivity contribution is -0.115. The number of benzene rings is 2. The third-order valence-corrected chi connectivity index (χ3v) is 6.05. The lowest BCUT2D eigenvalue weighted by Gasteiger charge is -2.10. The lowest BCUT2D eigenvalue weighted by Crippen LogP contribution is -2.24. The van der Waals surface area contributed by atoms with Gasteiger partial charge in [-0.3, -0.25) is 4.79 Å². The van der Waals surface area contributed by atoms with Crippen LogP contribution in [-0.2, 0) is 11.2 Å². The summed E-state index contributed by atoms with van der Waals surface area (Å²) < 4.78 is 1.89. The number of aromatic nitrogens is 4. The van der Waals surface area contributed by atoms with Crippen molar-refractivity contribution in [3.05, 3.63) is 54.1 Å². The Hall–Kier alpha value is -2.67. The van der Waals surface area contributed by atoms with Crippen molar-refractivity contribution in [3.63, 3.8) is 0 Å². The van der Waals surface area contributed by atoms with Gasteiger partial charge in [-0.1, -0.05) is 18.2 Å². The molecule has 3 aromatic rings. The van der Waals surface area contributed by atoms with Gasteiger partial charge in [0.05, 0.1) is 11.3 Å². The smallest absolute Gasteiger partial charge is 0.238 e. The van der Waals surface area contributed by atoms with Gasteiger partial charge in [-0.25, -0.2) is 4.68 Å². The lowest BCUT2D eigenvalue weighted by atomic mass is 10.1. The quantitative estimate of drug-likeness (QED) is 0.770. The highest BCUT2D eigenvalue weighted by molar-refractivity contribution is 8.01. The van der Waals surface area contributed by atoms with E-state index >= 15 is 0 Å². The third-order valence-electron chi connectivity index (χ3n) is 4.74. The number of anilines is 1. The number of amides is 1. The summed E-state index contributed by atoms with van der Waals surface area (Å²) in [5.74, 6) is 0.828. The summed E-state index contributed by atoms with van der Waals surface area (Å²) in [5, 5.41) is 15.0. The van der Waals surface area contributed by atoms with Gasteiger partial charge < -0.3 is 5.32 Å². The highest BCUT2D eigenvalue weighted by Gasteiger charge is 2.29. The fraction of sp³-hybridized carbons (Fsp3) is 0.263. The van der Waals surface area contributed by atoms with E-state index in [9.17, 15) is 4.79 Å². The van der Waals surface area contributed by atoms with Crippen LogP contribution < -0.4 is 5.32 Å². The van der Waals surface area contributed by atoms with E-state index in [1.807, 2.05) is 41.1 Å². The Morgan fingerprint density at radius 2 is 1.92 bits per heavy atom. The van der Waals surface area contributed by atoms with Crippen LogP contribution in [0.1, 0.15) is 24.4 Å². The minimum Gasteiger partial charge on any atom is -0.325 e. The van der Waals surface area contributed by atoms with Crippen molar-refractivity contribution in [2.45, 2.75) is 35.4 Å². The zero-order chi connectivity index (χ0) is 17.5. The summed E-state index contributed by atoms with van der Waals surface area (Å²) in [6.45, 7) is 0. The molecule has 5 rings (SSSR count). The van der Waals surface area contributed by atoms with Crippen LogP contribution in [0.5, 0.6) is 0 Å². The second-order valence-corrected chi connectivity index (χ2v) is 7.91. The SMILES string of the molecule is O=C(Nc1ccc(-c2nnnn2C2CC2)cc1)C1Cc2ccccc2S1. The van der Waals surface area contributed by atoms with Gasteiger partial charge in [-0.15, -0.1) is 16.9 Å². The van der Waals surface area contributed by atoms with Gasteiger partial charge >= 0.3 is 0 Å². The summed E-state index contributed by atoms with van der Waals surface area (Å²) in [6, 6.07) is 16.4. The minimum atomic E-state index is -0.0748. The molecule has 1 unspecified atom stereocenters. The maximum Gasteiger partial charge on any atom is 0.238 e. The van der Waals surface area contributed by atoms with Gasteiger partial charge in [0.15, 0.2) is 5.82 Å². The van der Waals surface area contributed by atoms with Crippen molar-refractivity contribution in [2.75, 3.05) is 5.32 Å². The number of nitrogens with zero attached hydrogens (tertiary/aromatic N) is 4. The van der Waals surface area contributed by atoms with E-state index in [0.717, 1.165) is 36.3 Å². The summed E-state index contributed by atoms with van der Waals surface area (Å²) in [5.41, 5.74) is 3.00. The van der Waals surface area contributed by atoms with E-state index in [4.69, 9.17) is 0 Å². The molecule has 1 N–H and O–H groups in total. The average Bonchev–Trinajstić information content (AvgIpc) is 3.23. The molecule has 1 saturated carbocycles. The van der Waals surface area contributed by atoms with Crippen molar-refractivity contribution in [2.24, 2.45) is 0 Å². The molecule has 1 atom stereocenters. The predicted molar refractivity (Wildman–Crippen MR) is 99.9 cm³/mol. The number of rotatable bonds is 4. The first-order valence-corrected chi connectivity index (χ1v) is 9.59. The van der Waals surface area contributed by atoms with Crippen LogP contribution >= 0.6 is 11.8 Å². The standard InChI is InChI=1S/C19H17N5OS/c25-19(17-11-13-3-1-2-4-16(13)26-17)20-14-7-5-12(6-8-14)18-21-22-23-24(18)15-9-10-15/h1-8,15,17H,9-11H2,(H,20,25). The normalized spacial score (nSPS) is 18.5. The summed E-state index contributed by atoms with van der Waals surface area (Å²) in [7, 11) is 0. The minimum absolute atomic E-state index is 0.0433. The topological polar surface area (TPSA) is 72.7 Å². The van der Waals surface area contributed by atoms with E-state index in [-0.39, 0.29) is 11.2 Å². The van der Waals surface area contributed by atoms with Crippen LogP contribution in [0.4, 0.5) is 5.69 Å². The Kier molecular flexibility index (Phi) is 3.74. The van der Waals surface area contributed by atoms with Crippen LogP contribution in [0, 0.1) is 0 Å². The largest absolute Gasteiger partial charge is 0.325 e.